The summed E-state index contributed by atoms with van der Waals surface area (Å²) >= 11 is 0. The molecule has 3 rings (SSSR count). The lowest BCUT2D eigenvalue weighted by atomic mass is 10.0. The number of hydrogen-bond donors (Lipinski definition) is 0. The smallest absolute Gasteiger partial charge is 0.127 e. The van der Waals surface area contributed by atoms with Gasteiger partial charge in [-0.1, -0.05) is 20.3 Å². The van der Waals surface area contributed by atoms with E-state index in [1.807, 2.05) is 38.1 Å². The molecular weight excluding hydrogens is 286 g/mol. The monoisotopic (exact) mass is 311 g/mol. The summed E-state index contributed by atoms with van der Waals surface area (Å²) < 4.78 is 25.3. The van der Waals surface area contributed by atoms with Crippen molar-refractivity contribution in [1.29, 1.82) is 0 Å². The molecule has 2 saturated heterocycles. The van der Waals surface area contributed by atoms with Gasteiger partial charge >= 0.3 is 0 Å². The molecule has 0 aliphatic carbocycles. The van der Waals surface area contributed by atoms with Gasteiger partial charge in [0.25, 0.3) is 0 Å². The van der Waals surface area contributed by atoms with E-state index in [4.69, 9.17) is 9.47 Å². The van der Waals surface area contributed by atoms with Gasteiger partial charge in [0.15, 0.2) is 0 Å². The Bertz CT molecular complexity index is 459. The Morgan fingerprint density at radius 2 is 1.90 bits per heavy atom. The van der Waals surface area contributed by atoms with Crippen molar-refractivity contribution in [3.05, 3.63) is 24.3 Å². The molecule has 0 saturated carbocycles. The lowest BCUT2D eigenvalue weighted by Crippen LogP contribution is -2.43. The molecule has 5 heteroatoms. The average Bonchev–Trinajstić information content (AvgIpc) is 3.41. The van der Waals surface area contributed by atoms with E-state index in [0.717, 1.165) is 36.6 Å². The molecule has 4 nitrogen and oxygen atoms in total. The minimum Gasteiger partial charge on any atom is -0.497 e. The highest BCUT2D eigenvalue weighted by Crippen LogP contribution is 2.30. The fourth-order valence-corrected chi connectivity index (χ4v) is 4.04. The number of rotatable bonds is 4. The van der Waals surface area contributed by atoms with Crippen LogP contribution in [-0.2, 0) is 15.7 Å². The summed E-state index contributed by atoms with van der Waals surface area (Å²) in [5.41, 5.74) is 0. The van der Waals surface area contributed by atoms with Crippen LogP contribution in [0, 0.1) is 0 Å². The first kappa shape index (κ1) is 16.5. The van der Waals surface area contributed by atoms with Crippen LogP contribution in [0.5, 0.6) is 5.75 Å². The quantitative estimate of drug-likeness (QED) is 0.803. The molecule has 1 aromatic carbocycles. The van der Waals surface area contributed by atoms with E-state index in [-0.39, 0.29) is 0 Å². The maximum atomic E-state index is 12.7. The molecule has 0 aromatic heterocycles. The van der Waals surface area contributed by atoms with Crippen LogP contribution in [0.25, 0.3) is 0 Å². The lowest BCUT2D eigenvalue weighted by molar-refractivity contribution is 0.212. The van der Waals surface area contributed by atoms with Gasteiger partial charge in [-0.15, -0.1) is 0 Å². The van der Waals surface area contributed by atoms with Gasteiger partial charge in [0, 0.05) is 6.54 Å². The van der Waals surface area contributed by atoms with Crippen LogP contribution >= 0.6 is 0 Å². The van der Waals surface area contributed by atoms with Crippen molar-refractivity contribution in [2.45, 2.75) is 50.2 Å². The molecule has 118 valence electrons. The van der Waals surface area contributed by atoms with Crippen molar-refractivity contribution in [2.75, 3.05) is 20.3 Å². The molecule has 3 unspecified atom stereocenters. The zero-order chi connectivity index (χ0) is 15.2. The second-order valence-electron chi connectivity index (χ2n) is 5.00. The minimum atomic E-state index is -1.09. The highest BCUT2D eigenvalue weighted by Gasteiger charge is 2.40. The Morgan fingerprint density at radius 1 is 1.24 bits per heavy atom. The first-order chi connectivity index (χ1) is 10.3. The van der Waals surface area contributed by atoms with Crippen molar-refractivity contribution >= 4 is 11.0 Å². The second-order valence-corrected chi connectivity index (χ2v) is 6.44. The fourth-order valence-electron chi connectivity index (χ4n) is 2.61. The molecule has 2 aliphatic rings. The third kappa shape index (κ3) is 4.05. The van der Waals surface area contributed by atoms with Gasteiger partial charge in [0.05, 0.1) is 30.8 Å². The van der Waals surface area contributed by atoms with Crippen LogP contribution in [0.2, 0.25) is 0 Å². The molecule has 0 N–H and O–H groups in total. The van der Waals surface area contributed by atoms with E-state index in [9.17, 15) is 4.21 Å². The van der Waals surface area contributed by atoms with Crippen molar-refractivity contribution in [2.24, 2.45) is 0 Å². The summed E-state index contributed by atoms with van der Waals surface area (Å²) in [6.45, 7) is 5.71. The highest BCUT2D eigenvalue weighted by atomic mass is 32.2. The van der Waals surface area contributed by atoms with Crippen LogP contribution in [-0.4, -0.2) is 40.9 Å². The van der Waals surface area contributed by atoms with Gasteiger partial charge < -0.3 is 9.47 Å². The third-order valence-electron chi connectivity index (χ3n) is 3.76. The van der Waals surface area contributed by atoms with Gasteiger partial charge in [0.2, 0.25) is 0 Å². The normalized spacial score (nSPS) is 26.4. The van der Waals surface area contributed by atoms with Crippen molar-refractivity contribution in [1.82, 2.24) is 4.31 Å². The van der Waals surface area contributed by atoms with Crippen LogP contribution in [0.15, 0.2) is 29.2 Å². The van der Waals surface area contributed by atoms with Crippen molar-refractivity contribution in [3.63, 3.8) is 0 Å². The van der Waals surface area contributed by atoms with Gasteiger partial charge in [-0.2, -0.15) is 0 Å². The number of nitrogens with zero attached hydrogens (tertiary/aromatic N) is 1. The maximum absolute atomic E-state index is 12.7. The van der Waals surface area contributed by atoms with Crippen LogP contribution < -0.4 is 4.74 Å². The molecule has 0 spiro atoms. The largest absolute Gasteiger partial charge is 0.497 e. The van der Waals surface area contributed by atoms with E-state index in [0.29, 0.717) is 12.1 Å². The lowest BCUT2D eigenvalue weighted by Gasteiger charge is -2.33. The topological polar surface area (TPSA) is 42.1 Å². The minimum absolute atomic E-state index is 0.294. The molecule has 21 heavy (non-hydrogen) atoms. The molecule has 2 fully saturated rings. The Hall–Kier alpha value is -0.910. The summed E-state index contributed by atoms with van der Waals surface area (Å²) in [4.78, 5) is 0.841. The van der Waals surface area contributed by atoms with E-state index in [1.54, 1.807) is 7.11 Å². The zero-order valence-electron chi connectivity index (χ0n) is 13.1. The molecular formula is C16H25NO3S. The number of methoxy groups -OCH3 is 1. The number of hydrogen-bond acceptors (Lipinski definition) is 3. The molecule has 0 radical (unpaired) electrons. The zero-order valence-corrected chi connectivity index (χ0v) is 13.9. The first-order valence-electron chi connectivity index (χ1n) is 7.74. The van der Waals surface area contributed by atoms with Gasteiger partial charge in [-0.25, -0.2) is 8.51 Å². The van der Waals surface area contributed by atoms with Crippen molar-refractivity contribution < 1.29 is 13.7 Å². The summed E-state index contributed by atoms with van der Waals surface area (Å²) in [5, 5.41) is 0. The second kappa shape index (κ2) is 7.92. The van der Waals surface area contributed by atoms with Crippen LogP contribution in [0.3, 0.4) is 0 Å². The summed E-state index contributed by atoms with van der Waals surface area (Å²) in [6, 6.07) is 7.80. The number of piperidine rings is 1. The van der Waals surface area contributed by atoms with E-state index >= 15 is 0 Å². The maximum Gasteiger partial charge on any atom is 0.127 e. The number of ether oxygens (including phenoxy) is 2. The van der Waals surface area contributed by atoms with E-state index < -0.39 is 11.0 Å². The molecule has 1 aromatic rings. The Labute approximate surface area is 130 Å². The highest BCUT2D eigenvalue weighted by molar-refractivity contribution is 7.82. The number of benzene rings is 1. The summed E-state index contributed by atoms with van der Waals surface area (Å²) in [6.07, 6.45) is 3.71. The van der Waals surface area contributed by atoms with Gasteiger partial charge in [-0.3, -0.25) is 0 Å². The van der Waals surface area contributed by atoms with Crippen molar-refractivity contribution in [3.8, 4) is 5.75 Å². The van der Waals surface area contributed by atoms with E-state index in [1.165, 1.54) is 6.42 Å². The van der Waals surface area contributed by atoms with E-state index in [2.05, 4.69) is 4.31 Å². The predicted octanol–water partition coefficient (Wildman–Crippen LogP) is 3.00. The number of epoxide rings is 1. The van der Waals surface area contributed by atoms with Crippen LogP contribution in [0.1, 0.15) is 33.1 Å². The summed E-state index contributed by atoms with van der Waals surface area (Å²) in [7, 11) is 0.543. The molecule has 0 bridgehead atoms. The first-order valence-corrected chi connectivity index (χ1v) is 8.84. The Kier molecular flexibility index (Phi) is 6.21. The fraction of sp³-hybridized carbons (Fsp3) is 0.625. The molecule has 0 amide bonds. The van der Waals surface area contributed by atoms with Crippen LogP contribution in [0.4, 0.5) is 0 Å². The standard InChI is InChI=1S/C14H19NO3S.C2H6/c1-17-11-5-7-12(8-6-11)19(16)15-9-3-2-4-13(15)14-10-18-14;1-2/h5-8,13-14H,2-4,9-10H2,1H3;1-2H3. The molecule has 3 atom stereocenters. The van der Waals surface area contributed by atoms with Gasteiger partial charge in [-0.05, 0) is 37.1 Å². The predicted molar refractivity (Wildman–Crippen MR) is 84.8 cm³/mol. The SMILES string of the molecule is CC.COc1ccc(S(=O)N2CCCCC2C2CO2)cc1. The molecule has 2 heterocycles. The third-order valence-corrected chi connectivity index (χ3v) is 5.32. The Balaban J connectivity index is 0.000000774. The molecule has 2 aliphatic heterocycles. The Morgan fingerprint density at radius 3 is 2.48 bits per heavy atom. The van der Waals surface area contributed by atoms with Gasteiger partial charge in [0.1, 0.15) is 16.7 Å². The average molecular weight is 311 g/mol. The summed E-state index contributed by atoms with van der Waals surface area (Å²) in [5.74, 6) is 0.793.